The Morgan fingerprint density at radius 2 is 1.45 bits per heavy atom. The summed E-state index contributed by atoms with van der Waals surface area (Å²) in [5.74, 6) is -2.62. The van der Waals surface area contributed by atoms with Gasteiger partial charge in [-0.2, -0.15) is 34.8 Å². The van der Waals surface area contributed by atoms with Gasteiger partial charge in [-0.1, -0.05) is 6.42 Å². The Kier molecular flexibility index (Phi) is 4.00. The predicted octanol–water partition coefficient (Wildman–Crippen LogP) is 3.51. The van der Waals surface area contributed by atoms with E-state index in [-0.39, 0.29) is 25.2 Å². The number of fused-ring (bicyclic) bond motifs is 2. The molecule has 0 aliphatic heterocycles. The molecule has 1 N–H and O–H groups in total. The molecule has 2 fully saturated rings. The Bertz CT molecular complexity index is 525. The SMILES string of the molecule is O=S(=O)(O)C(C(F)C1CC2CCC1C2)(C(F)(F)F)C(F)(F)F. The Morgan fingerprint density at radius 1 is 0.955 bits per heavy atom. The second-order valence-electron chi connectivity index (χ2n) is 5.95. The van der Waals surface area contributed by atoms with Crippen molar-refractivity contribution in [2.24, 2.45) is 17.8 Å². The minimum atomic E-state index is -6.82. The van der Waals surface area contributed by atoms with E-state index in [1.54, 1.807) is 0 Å². The van der Waals surface area contributed by atoms with E-state index in [2.05, 4.69) is 0 Å². The van der Waals surface area contributed by atoms with E-state index >= 15 is 0 Å². The van der Waals surface area contributed by atoms with Crippen molar-refractivity contribution in [2.45, 2.75) is 49.0 Å². The smallest absolute Gasteiger partial charge is 0.285 e. The van der Waals surface area contributed by atoms with Gasteiger partial charge in [-0.25, -0.2) is 4.39 Å². The number of hydrogen-bond acceptors (Lipinski definition) is 2. The number of rotatable bonds is 3. The van der Waals surface area contributed by atoms with E-state index in [9.17, 15) is 39.2 Å². The van der Waals surface area contributed by atoms with Crippen LogP contribution in [0.2, 0.25) is 0 Å². The molecule has 4 unspecified atom stereocenters. The molecule has 2 saturated carbocycles. The maximum atomic E-state index is 14.4. The van der Waals surface area contributed by atoms with Crippen molar-refractivity contribution in [1.82, 2.24) is 0 Å². The van der Waals surface area contributed by atoms with Gasteiger partial charge < -0.3 is 0 Å². The zero-order chi connectivity index (χ0) is 17.1. The molecule has 0 aromatic rings. The van der Waals surface area contributed by atoms with Gasteiger partial charge in [0.05, 0.1) is 0 Å². The van der Waals surface area contributed by atoms with Gasteiger partial charge >= 0.3 is 17.1 Å². The van der Waals surface area contributed by atoms with Crippen LogP contribution < -0.4 is 0 Å². The summed E-state index contributed by atoms with van der Waals surface area (Å²) < 4.78 is 117. The van der Waals surface area contributed by atoms with E-state index < -0.39 is 45.2 Å². The van der Waals surface area contributed by atoms with E-state index in [1.165, 1.54) is 0 Å². The van der Waals surface area contributed by atoms with Gasteiger partial charge in [0.1, 0.15) is 6.17 Å². The molecular formula is C11H13F7O3S. The second-order valence-corrected chi connectivity index (χ2v) is 7.54. The molecule has 0 aromatic carbocycles. The summed E-state index contributed by atoms with van der Waals surface area (Å²) in [5, 5.41) is 0. The van der Waals surface area contributed by atoms with Crippen LogP contribution in [0.3, 0.4) is 0 Å². The third-order valence-electron chi connectivity index (χ3n) is 4.81. The second kappa shape index (κ2) is 4.96. The summed E-state index contributed by atoms with van der Waals surface area (Å²) in [5.41, 5.74) is 0. The molecule has 0 amide bonds. The summed E-state index contributed by atoms with van der Waals surface area (Å²) in [7, 11) is -6.82. The lowest BCUT2D eigenvalue weighted by Crippen LogP contribution is -2.69. The molecule has 2 aliphatic rings. The number of halogens is 7. The molecule has 2 aliphatic carbocycles. The highest BCUT2D eigenvalue weighted by Gasteiger charge is 2.84. The molecule has 130 valence electrons. The summed E-state index contributed by atoms with van der Waals surface area (Å²) >= 11 is 0. The fourth-order valence-corrected chi connectivity index (χ4v) is 4.91. The van der Waals surface area contributed by atoms with Crippen molar-refractivity contribution < 1.29 is 43.7 Å². The molecular weight excluding hydrogens is 345 g/mol. The average molecular weight is 358 g/mol. The first-order valence-corrected chi connectivity index (χ1v) is 7.92. The van der Waals surface area contributed by atoms with Gasteiger partial charge in [0, 0.05) is 0 Å². The third-order valence-corrected chi connectivity index (χ3v) is 6.31. The first kappa shape index (κ1) is 17.8. The lowest BCUT2D eigenvalue weighted by Gasteiger charge is -2.40. The van der Waals surface area contributed by atoms with E-state index in [1.807, 2.05) is 0 Å². The molecule has 0 heterocycles. The van der Waals surface area contributed by atoms with Gasteiger partial charge in [0.15, 0.2) is 0 Å². The van der Waals surface area contributed by atoms with Crippen molar-refractivity contribution in [3.05, 3.63) is 0 Å². The summed E-state index contributed by atoms with van der Waals surface area (Å²) in [6.07, 6.45) is -16.0. The fourth-order valence-electron chi connectivity index (χ4n) is 3.86. The van der Waals surface area contributed by atoms with E-state index in [0.717, 1.165) is 0 Å². The minimum absolute atomic E-state index is 0.200. The van der Waals surface area contributed by atoms with Crippen molar-refractivity contribution in [3.63, 3.8) is 0 Å². The molecule has 0 saturated heterocycles. The summed E-state index contributed by atoms with van der Waals surface area (Å²) in [4.78, 5) is 0. The zero-order valence-corrected chi connectivity index (χ0v) is 11.8. The van der Waals surface area contributed by atoms with Gasteiger partial charge in [-0.05, 0) is 37.0 Å². The molecule has 0 radical (unpaired) electrons. The highest BCUT2D eigenvalue weighted by atomic mass is 32.2. The highest BCUT2D eigenvalue weighted by molar-refractivity contribution is 7.87. The minimum Gasteiger partial charge on any atom is -0.285 e. The van der Waals surface area contributed by atoms with Gasteiger partial charge in [0.2, 0.25) is 0 Å². The fraction of sp³-hybridized carbons (Fsp3) is 1.00. The Labute approximate surface area is 121 Å². The van der Waals surface area contributed by atoms with Crippen LogP contribution in [0.15, 0.2) is 0 Å². The van der Waals surface area contributed by atoms with Crippen LogP contribution in [0, 0.1) is 17.8 Å². The number of hydrogen-bond donors (Lipinski definition) is 1. The molecule has 11 heteroatoms. The summed E-state index contributed by atoms with van der Waals surface area (Å²) in [6, 6.07) is 0. The molecule has 2 rings (SSSR count). The third kappa shape index (κ3) is 2.31. The molecule has 4 atom stereocenters. The quantitative estimate of drug-likeness (QED) is 0.621. The zero-order valence-electron chi connectivity index (χ0n) is 11.0. The standard InChI is InChI=1S/C11H13F7O3S/c12-8(7-4-5-1-2-6(7)3-5)9(10(13,14)15,11(16,17)18)22(19,20)21/h5-8H,1-4H2,(H,19,20,21). The van der Waals surface area contributed by atoms with Crippen LogP contribution in [0.4, 0.5) is 30.7 Å². The van der Waals surface area contributed by atoms with Crippen molar-refractivity contribution >= 4 is 10.1 Å². The normalized spacial score (nSPS) is 31.5. The predicted molar refractivity (Wildman–Crippen MR) is 60.2 cm³/mol. The Morgan fingerprint density at radius 3 is 1.73 bits per heavy atom. The van der Waals surface area contributed by atoms with Gasteiger partial charge in [-0.3, -0.25) is 4.55 Å². The molecule has 0 spiro atoms. The summed E-state index contributed by atoms with van der Waals surface area (Å²) in [6.45, 7) is 0. The van der Waals surface area contributed by atoms with Crippen LogP contribution in [-0.4, -0.2) is 36.2 Å². The average Bonchev–Trinajstić information content (AvgIpc) is 2.83. The Hall–Kier alpha value is -0.580. The monoisotopic (exact) mass is 358 g/mol. The van der Waals surface area contributed by atoms with Crippen molar-refractivity contribution in [2.75, 3.05) is 0 Å². The van der Waals surface area contributed by atoms with Crippen LogP contribution in [0.5, 0.6) is 0 Å². The van der Waals surface area contributed by atoms with Gasteiger partial charge in [-0.15, -0.1) is 0 Å². The van der Waals surface area contributed by atoms with Crippen LogP contribution in [0.25, 0.3) is 0 Å². The largest absolute Gasteiger partial charge is 0.422 e. The first-order chi connectivity index (χ1) is 9.73. The van der Waals surface area contributed by atoms with Crippen LogP contribution >= 0.6 is 0 Å². The van der Waals surface area contributed by atoms with Crippen LogP contribution in [0.1, 0.15) is 25.7 Å². The molecule has 0 aromatic heterocycles. The van der Waals surface area contributed by atoms with Crippen LogP contribution in [-0.2, 0) is 10.1 Å². The lowest BCUT2D eigenvalue weighted by atomic mass is 9.79. The van der Waals surface area contributed by atoms with Gasteiger partial charge in [0.25, 0.3) is 10.1 Å². The first-order valence-electron chi connectivity index (χ1n) is 6.48. The van der Waals surface area contributed by atoms with E-state index in [4.69, 9.17) is 4.55 Å². The number of alkyl halides is 7. The molecule has 3 nitrogen and oxygen atoms in total. The Balaban J connectivity index is 2.58. The lowest BCUT2D eigenvalue weighted by molar-refractivity contribution is -0.288. The highest BCUT2D eigenvalue weighted by Crippen LogP contribution is 2.58. The maximum Gasteiger partial charge on any atom is 0.422 e. The van der Waals surface area contributed by atoms with Crippen molar-refractivity contribution in [3.8, 4) is 0 Å². The maximum absolute atomic E-state index is 14.4. The molecule has 22 heavy (non-hydrogen) atoms. The van der Waals surface area contributed by atoms with Crippen molar-refractivity contribution in [1.29, 1.82) is 0 Å². The molecule has 2 bridgehead atoms. The van der Waals surface area contributed by atoms with E-state index in [0.29, 0.717) is 6.42 Å². The topological polar surface area (TPSA) is 54.4 Å².